The summed E-state index contributed by atoms with van der Waals surface area (Å²) in [7, 11) is 1.41. The summed E-state index contributed by atoms with van der Waals surface area (Å²) in [6.07, 6.45) is 0. The zero-order valence-electron chi connectivity index (χ0n) is 17.1. The van der Waals surface area contributed by atoms with E-state index in [1.165, 1.54) is 25.2 Å². The number of benzene rings is 3. The third kappa shape index (κ3) is 3.72. The lowest BCUT2D eigenvalue weighted by Crippen LogP contribution is -2.29. The van der Waals surface area contributed by atoms with E-state index in [4.69, 9.17) is 0 Å². The van der Waals surface area contributed by atoms with Crippen molar-refractivity contribution < 1.29 is 19.8 Å². The lowest BCUT2D eigenvalue weighted by molar-refractivity contribution is 0.0691. The molecule has 0 fully saturated rings. The van der Waals surface area contributed by atoms with Crippen molar-refractivity contribution in [3.05, 3.63) is 111 Å². The fourth-order valence-corrected chi connectivity index (χ4v) is 3.73. The van der Waals surface area contributed by atoms with Gasteiger partial charge in [-0.3, -0.25) is 9.59 Å². The van der Waals surface area contributed by atoms with Crippen LogP contribution in [0, 0.1) is 0 Å². The fourth-order valence-electron chi connectivity index (χ4n) is 3.73. The van der Waals surface area contributed by atoms with Crippen molar-refractivity contribution in [2.75, 3.05) is 0 Å². The molecule has 3 N–H and O–H groups in total. The summed E-state index contributed by atoms with van der Waals surface area (Å²) in [5, 5.41) is 22.9. The number of carbonyl (C=O) groups excluding carboxylic acids is 1. The average molecular weight is 428 g/mol. The van der Waals surface area contributed by atoms with E-state index in [-0.39, 0.29) is 10.9 Å². The van der Waals surface area contributed by atoms with E-state index in [2.05, 4.69) is 5.32 Å². The number of aryl methyl sites for hydroxylation is 1. The maximum absolute atomic E-state index is 13.1. The van der Waals surface area contributed by atoms with Gasteiger partial charge in [0.25, 0.3) is 11.5 Å². The molecule has 0 bridgehead atoms. The van der Waals surface area contributed by atoms with Gasteiger partial charge >= 0.3 is 5.97 Å². The van der Waals surface area contributed by atoms with E-state index in [0.717, 1.165) is 15.7 Å². The molecule has 1 aromatic heterocycles. The second kappa shape index (κ2) is 8.39. The van der Waals surface area contributed by atoms with Crippen LogP contribution in [0.4, 0.5) is 0 Å². The maximum Gasteiger partial charge on any atom is 0.345 e. The Morgan fingerprint density at radius 3 is 2.00 bits per heavy atom. The number of nitrogens with one attached hydrogen (secondary N) is 1. The molecule has 0 radical (unpaired) electrons. The van der Waals surface area contributed by atoms with Crippen LogP contribution >= 0.6 is 0 Å². The Hall–Kier alpha value is -4.39. The molecule has 1 amide bonds. The van der Waals surface area contributed by atoms with Gasteiger partial charge in [0.15, 0.2) is 5.56 Å². The Kier molecular flexibility index (Phi) is 5.47. The summed E-state index contributed by atoms with van der Waals surface area (Å²) in [4.78, 5) is 36.9. The zero-order chi connectivity index (χ0) is 22.8. The standard InChI is InChI=1S/C25H20N2O5/c1-27-19-13-12-17(14-18(19)22(28)20(24(27)30)25(31)32)23(29)26-21(15-8-4-2-5-9-15)16-10-6-3-7-11-16/h2-14,21,28H,1H3,(H,26,29)(H,31,32). The molecule has 0 aliphatic rings. The van der Waals surface area contributed by atoms with Gasteiger partial charge in [0, 0.05) is 18.0 Å². The number of carbonyl (C=O) groups is 2. The molecule has 0 aliphatic heterocycles. The lowest BCUT2D eigenvalue weighted by Gasteiger charge is -2.20. The summed E-state index contributed by atoms with van der Waals surface area (Å²) < 4.78 is 1.14. The number of pyridine rings is 1. The largest absolute Gasteiger partial charge is 0.506 e. The highest BCUT2D eigenvalue weighted by molar-refractivity contribution is 6.03. The van der Waals surface area contributed by atoms with Gasteiger partial charge in [-0.25, -0.2) is 4.79 Å². The summed E-state index contributed by atoms with van der Waals surface area (Å²) >= 11 is 0. The monoisotopic (exact) mass is 428 g/mol. The zero-order valence-corrected chi connectivity index (χ0v) is 17.1. The first kappa shape index (κ1) is 20.9. The quantitative estimate of drug-likeness (QED) is 0.451. The molecule has 0 saturated heterocycles. The molecule has 32 heavy (non-hydrogen) atoms. The first-order chi connectivity index (χ1) is 15.4. The van der Waals surface area contributed by atoms with Gasteiger partial charge in [-0.2, -0.15) is 0 Å². The molecule has 7 nitrogen and oxygen atoms in total. The Morgan fingerprint density at radius 2 is 1.47 bits per heavy atom. The molecule has 160 valence electrons. The van der Waals surface area contributed by atoms with E-state index in [0.29, 0.717) is 5.52 Å². The number of hydrogen-bond donors (Lipinski definition) is 3. The number of hydrogen-bond acceptors (Lipinski definition) is 4. The Bertz CT molecular complexity index is 1340. The molecule has 0 spiro atoms. The van der Waals surface area contributed by atoms with Crippen molar-refractivity contribution in [3.8, 4) is 5.75 Å². The number of aromatic nitrogens is 1. The van der Waals surface area contributed by atoms with Crippen LogP contribution in [0.5, 0.6) is 5.75 Å². The normalized spacial score (nSPS) is 10.9. The molecule has 4 rings (SSSR count). The SMILES string of the molecule is Cn1c(=O)c(C(=O)O)c(O)c2cc(C(=O)NC(c3ccccc3)c3ccccc3)ccc21. The first-order valence-corrected chi connectivity index (χ1v) is 9.88. The van der Waals surface area contributed by atoms with E-state index >= 15 is 0 Å². The van der Waals surface area contributed by atoms with E-state index in [9.17, 15) is 24.6 Å². The number of rotatable bonds is 5. The topological polar surface area (TPSA) is 109 Å². The minimum atomic E-state index is -1.53. The number of carboxylic acids is 1. The smallest absolute Gasteiger partial charge is 0.345 e. The number of carboxylic acid groups (broad SMARTS) is 1. The Balaban J connectivity index is 1.77. The number of nitrogens with zero attached hydrogens (tertiary/aromatic N) is 1. The summed E-state index contributed by atoms with van der Waals surface area (Å²) in [6, 6.07) is 23.0. The van der Waals surface area contributed by atoms with Crippen LogP contribution < -0.4 is 10.9 Å². The predicted molar refractivity (Wildman–Crippen MR) is 120 cm³/mol. The summed E-state index contributed by atoms with van der Waals surface area (Å²) in [6.45, 7) is 0. The van der Waals surface area contributed by atoms with E-state index in [1.807, 2.05) is 60.7 Å². The van der Waals surface area contributed by atoms with Crippen molar-refractivity contribution in [2.45, 2.75) is 6.04 Å². The van der Waals surface area contributed by atoms with E-state index in [1.54, 1.807) is 0 Å². The average Bonchev–Trinajstić information content (AvgIpc) is 2.81. The Labute approximate surface area is 183 Å². The summed E-state index contributed by atoms with van der Waals surface area (Å²) in [5.41, 5.74) is 0.769. The highest BCUT2D eigenvalue weighted by Crippen LogP contribution is 2.28. The molecule has 0 atom stereocenters. The molecular formula is C25H20N2O5. The van der Waals surface area contributed by atoms with Crippen molar-refractivity contribution >= 4 is 22.8 Å². The highest BCUT2D eigenvalue weighted by atomic mass is 16.4. The molecule has 0 unspecified atom stereocenters. The molecule has 0 saturated carbocycles. The predicted octanol–water partition coefficient (Wildman–Crippen LogP) is 3.46. The van der Waals surface area contributed by atoms with Crippen LogP contribution in [0.3, 0.4) is 0 Å². The molecule has 1 heterocycles. The number of amides is 1. The van der Waals surface area contributed by atoms with Gasteiger partial charge in [0.1, 0.15) is 5.75 Å². The van der Waals surface area contributed by atoms with Crippen molar-refractivity contribution in [2.24, 2.45) is 7.05 Å². The van der Waals surface area contributed by atoms with Gasteiger partial charge in [-0.05, 0) is 29.3 Å². The number of aromatic carboxylic acids is 1. The Morgan fingerprint density at radius 1 is 0.906 bits per heavy atom. The second-order valence-corrected chi connectivity index (χ2v) is 7.35. The van der Waals surface area contributed by atoms with Gasteiger partial charge in [-0.15, -0.1) is 0 Å². The lowest BCUT2D eigenvalue weighted by atomic mass is 9.98. The number of aromatic hydroxyl groups is 1. The minimum Gasteiger partial charge on any atom is -0.506 e. The summed E-state index contributed by atoms with van der Waals surface area (Å²) in [5.74, 6) is -2.60. The second-order valence-electron chi connectivity index (χ2n) is 7.35. The third-order valence-corrected chi connectivity index (χ3v) is 5.39. The molecule has 0 aliphatic carbocycles. The molecule has 4 aromatic rings. The van der Waals surface area contributed by atoms with Gasteiger partial charge < -0.3 is 20.1 Å². The fraction of sp³-hybridized carbons (Fsp3) is 0.0800. The molecule has 3 aromatic carbocycles. The minimum absolute atomic E-state index is 0.105. The number of fused-ring (bicyclic) bond motifs is 1. The van der Waals surface area contributed by atoms with Crippen LogP contribution in [0.15, 0.2) is 83.7 Å². The molecule has 7 heteroatoms. The first-order valence-electron chi connectivity index (χ1n) is 9.88. The van der Waals surface area contributed by atoms with Crippen molar-refractivity contribution in [1.29, 1.82) is 0 Å². The van der Waals surface area contributed by atoms with E-state index < -0.39 is 34.8 Å². The van der Waals surface area contributed by atoms with Gasteiger partial charge in [0.2, 0.25) is 0 Å². The van der Waals surface area contributed by atoms with Crippen LogP contribution in [0.2, 0.25) is 0 Å². The third-order valence-electron chi connectivity index (χ3n) is 5.39. The maximum atomic E-state index is 13.1. The molecular weight excluding hydrogens is 408 g/mol. The van der Waals surface area contributed by atoms with Crippen LogP contribution in [0.25, 0.3) is 10.9 Å². The highest BCUT2D eigenvalue weighted by Gasteiger charge is 2.22. The van der Waals surface area contributed by atoms with Crippen molar-refractivity contribution in [1.82, 2.24) is 9.88 Å². The van der Waals surface area contributed by atoms with Gasteiger partial charge in [-0.1, -0.05) is 60.7 Å². The van der Waals surface area contributed by atoms with Crippen LogP contribution in [0.1, 0.15) is 37.9 Å². The van der Waals surface area contributed by atoms with Crippen LogP contribution in [-0.2, 0) is 7.05 Å². The van der Waals surface area contributed by atoms with Gasteiger partial charge in [0.05, 0.1) is 11.6 Å². The van der Waals surface area contributed by atoms with Crippen LogP contribution in [-0.4, -0.2) is 26.7 Å². The van der Waals surface area contributed by atoms with Crippen molar-refractivity contribution in [3.63, 3.8) is 0 Å².